The SMILES string of the molecule is CCC(C)NC(=O)C(Cc1ccccc1)N(Cc1c(Cl)cccc1Cl)C(=O)CSCc1c(F)cccc1Cl. The van der Waals surface area contributed by atoms with Crippen molar-refractivity contribution in [2.24, 2.45) is 0 Å². The highest BCUT2D eigenvalue weighted by atomic mass is 35.5. The van der Waals surface area contributed by atoms with Crippen molar-refractivity contribution < 1.29 is 14.0 Å². The van der Waals surface area contributed by atoms with Crippen molar-refractivity contribution in [1.29, 1.82) is 0 Å². The normalized spacial score (nSPS) is 12.6. The van der Waals surface area contributed by atoms with E-state index in [1.54, 1.807) is 24.3 Å². The molecule has 0 aliphatic rings. The molecular formula is C29H30Cl3FN2O2S. The molecule has 0 saturated carbocycles. The molecule has 0 fully saturated rings. The van der Waals surface area contributed by atoms with Gasteiger partial charge in [-0.2, -0.15) is 0 Å². The smallest absolute Gasteiger partial charge is 0.243 e. The van der Waals surface area contributed by atoms with Gasteiger partial charge in [0, 0.05) is 51.0 Å². The predicted molar refractivity (Wildman–Crippen MR) is 156 cm³/mol. The summed E-state index contributed by atoms with van der Waals surface area (Å²) in [5.41, 5.74) is 1.80. The van der Waals surface area contributed by atoms with Crippen molar-refractivity contribution in [1.82, 2.24) is 10.2 Å². The van der Waals surface area contributed by atoms with Gasteiger partial charge in [-0.15, -0.1) is 11.8 Å². The number of thioether (sulfide) groups is 1. The first-order valence-electron chi connectivity index (χ1n) is 12.3. The summed E-state index contributed by atoms with van der Waals surface area (Å²) in [6.07, 6.45) is 1.05. The standard InChI is InChI=1S/C29H30Cl3FN2O2S/c1-3-19(2)34-29(37)27(15-20-9-5-4-6-10-20)35(16-21-23(30)11-7-12-24(21)31)28(36)18-38-17-22-25(32)13-8-14-26(22)33/h4-14,19,27H,3,15-18H2,1-2H3,(H,34,37). The summed E-state index contributed by atoms with van der Waals surface area (Å²) in [6.45, 7) is 3.94. The minimum atomic E-state index is -0.816. The maximum Gasteiger partial charge on any atom is 0.243 e. The number of benzene rings is 3. The Morgan fingerprint density at radius 3 is 2.13 bits per heavy atom. The summed E-state index contributed by atoms with van der Waals surface area (Å²) >= 11 is 20.3. The molecule has 4 nitrogen and oxygen atoms in total. The molecule has 2 unspecified atom stereocenters. The van der Waals surface area contributed by atoms with Crippen molar-refractivity contribution in [3.05, 3.63) is 104 Å². The Morgan fingerprint density at radius 1 is 0.921 bits per heavy atom. The summed E-state index contributed by atoms with van der Waals surface area (Å²) in [4.78, 5) is 28.8. The molecule has 9 heteroatoms. The molecule has 3 aromatic carbocycles. The second kappa shape index (κ2) is 14.8. The van der Waals surface area contributed by atoms with Crippen molar-refractivity contribution in [2.45, 2.75) is 51.1 Å². The lowest BCUT2D eigenvalue weighted by molar-refractivity contribution is -0.139. The van der Waals surface area contributed by atoms with E-state index in [9.17, 15) is 14.0 Å². The Labute approximate surface area is 242 Å². The van der Waals surface area contributed by atoms with Gasteiger partial charge in [0.2, 0.25) is 11.8 Å². The second-order valence-electron chi connectivity index (χ2n) is 8.94. The highest BCUT2D eigenvalue weighted by molar-refractivity contribution is 7.99. The van der Waals surface area contributed by atoms with E-state index >= 15 is 0 Å². The Bertz CT molecular complexity index is 1210. The fourth-order valence-corrected chi connectivity index (χ4v) is 5.61. The Kier molecular flexibility index (Phi) is 11.8. The number of hydrogen-bond acceptors (Lipinski definition) is 3. The number of carbonyl (C=O) groups is 2. The number of carbonyl (C=O) groups excluding carboxylic acids is 2. The van der Waals surface area contributed by atoms with Crippen LogP contribution in [-0.2, 0) is 28.3 Å². The van der Waals surface area contributed by atoms with Gasteiger partial charge in [-0.3, -0.25) is 9.59 Å². The van der Waals surface area contributed by atoms with Gasteiger partial charge < -0.3 is 10.2 Å². The summed E-state index contributed by atoms with van der Waals surface area (Å²) < 4.78 is 14.3. The van der Waals surface area contributed by atoms with Gasteiger partial charge in [-0.25, -0.2) is 4.39 Å². The van der Waals surface area contributed by atoms with Gasteiger partial charge >= 0.3 is 0 Å². The zero-order valence-electron chi connectivity index (χ0n) is 21.2. The molecule has 1 N–H and O–H groups in total. The first-order valence-corrected chi connectivity index (χ1v) is 14.6. The van der Waals surface area contributed by atoms with Crippen LogP contribution in [0.15, 0.2) is 66.7 Å². The van der Waals surface area contributed by atoms with Gasteiger partial charge in [0.1, 0.15) is 11.9 Å². The van der Waals surface area contributed by atoms with Crippen molar-refractivity contribution in [3.8, 4) is 0 Å². The molecule has 0 aromatic heterocycles. The molecule has 2 atom stereocenters. The average Bonchev–Trinajstić information content (AvgIpc) is 2.89. The summed E-state index contributed by atoms with van der Waals surface area (Å²) in [5, 5.41) is 4.14. The summed E-state index contributed by atoms with van der Waals surface area (Å²) in [5.74, 6) is -0.762. The molecule has 0 radical (unpaired) electrons. The highest BCUT2D eigenvalue weighted by Crippen LogP contribution is 2.29. The predicted octanol–water partition coefficient (Wildman–Crippen LogP) is 7.57. The third kappa shape index (κ3) is 8.37. The average molecular weight is 596 g/mol. The fourth-order valence-electron chi connectivity index (χ4n) is 3.84. The summed E-state index contributed by atoms with van der Waals surface area (Å²) in [7, 11) is 0. The van der Waals surface area contributed by atoms with E-state index in [1.165, 1.54) is 28.8 Å². The molecular weight excluding hydrogens is 566 g/mol. The van der Waals surface area contributed by atoms with E-state index in [2.05, 4.69) is 5.32 Å². The number of nitrogens with one attached hydrogen (secondary N) is 1. The minimum Gasteiger partial charge on any atom is -0.352 e. The van der Waals surface area contributed by atoms with Crippen LogP contribution in [0.5, 0.6) is 0 Å². The van der Waals surface area contributed by atoms with Gasteiger partial charge in [-0.1, -0.05) is 84.2 Å². The van der Waals surface area contributed by atoms with E-state index in [0.717, 1.165) is 12.0 Å². The monoisotopic (exact) mass is 594 g/mol. The molecule has 0 saturated heterocycles. The van der Waals surface area contributed by atoms with Crippen LogP contribution in [0.1, 0.15) is 37.0 Å². The van der Waals surface area contributed by atoms with Gasteiger partial charge in [0.15, 0.2) is 0 Å². The quantitative estimate of drug-likeness (QED) is 0.235. The van der Waals surface area contributed by atoms with Crippen molar-refractivity contribution in [3.63, 3.8) is 0 Å². The molecule has 0 spiro atoms. The number of hydrogen-bond donors (Lipinski definition) is 1. The van der Waals surface area contributed by atoms with Crippen LogP contribution in [0.4, 0.5) is 4.39 Å². The number of nitrogens with zero attached hydrogens (tertiary/aromatic N) is 1. The third-order valence-electron chi connectivity index (χ3n) is 6.20. The molecule has 38 heavy (non-hydrogen) atoms. The van der Waals surface area contributed by atoms with Crippen LogP contribution >= 0.6 is 46.6 Å². The largest absolute Gasteiger partial charge is 0.352 e. The van der Waals surface area contributed by atoms with Crippen LogP contribution in [0.25, 0.3) is 0 Å². The maximum absolute atomic E-state index is 14.3. The summed E-state index contributed by atoms with van der Waals surface area (Å²) in [6, 6.07) is 18.3. The molecule has 3 rings (SSSR count). The molecule has 202 valence electrons. The van der Waals surface area contributed by atoms with E-state index in [4.69, 9.17) is 34.8 Å². The van der Waals surface area contributed by atoms with Crippen molar-refractivity contribution in [2.75, 3.05) is 5.75 Å². The Hall–Kier alpha value is -2.25. The lowest BCUT2D eigenvalue weighted by Crippen LogP contribution is -2.52. The van der Waals surface area contributed by atoms with E-state index < -0.39 is 11.9 Å². The van der Waals surface area contributed by atoms with E-state index in [0.29, 0.717) is 32.6 Å². The zero-order valence-corrected chi connectivity index (χ0v) is 24.3. The minimum absolute atomic E-state index is 0.00857. The topological polar surface area (TPSA) is 49.4 Å². The van der Waals surface area contributed by atoms with E-state index in [1.807, 2.05) is 44.2 Å². The van der Waals surface area contributed by atoms with Crippen LogP contribution in [0, 0.1) is 5.82 Å². The number of halogens is 4. The first kappa shape index (κ1) is 30.3. The van der Waals surface area contributed by atoms with Crippen LogP contribution in [0.2, 0.25) is 15.1 Å². The molecule has 0 aliphatic heterocycles. The maximum atomic E-state index is 14.3. The van der Waals surface area contributed by atoms with Crippen LogP contribution in [-0.4, -0.2) is 34.6 Å². The molecule has 0 aliphatic carbocycles. The zero-order chi connectivity index (χ0) is 27.7. The van der Waals surface area contributed by atoms with Gasteiger partial charge in [-0.05, 0) is 43.2 Å². The van der Waals surface area contributed by atoms with Crippen molar-refractivity contribution >= 4 is 58.4 Å². The van der Waals surface area contributed by atoms with Gasteiger partial charge in [0.05, 0.1) is 5.75 Å². The molecule has 0 bridgehead atoms. The van der Waals surface area contributed by atoms with Gasteiger partial charge in [0.25, 0.3) is 0 Å². The third-order valence-corrected chi connectivity index (χ3v) is 8.20. The fraction of sp³-hybridized carbons (Fsp3) is 0.310. The number of amides is 2. The Morgan fingerprint density at radius 2 is 1.53 bits per heavy atom. The Balaban J connectivity index is 1.92. The molecule has 0 heterocycles. The van der Waals surface area contributed by atoms with E-state index in [-0.39, 0.29) is 35.9 Å². The molecule has 2 amide bonds. The lowest BCUT2D eigenvalue weighted by atomic mass is 10.0. The lowest BCUT2D eigenvalue weighted by Gasteiger charge is -2.32. The number of rotatable bonds is 12. The molecule has 3 aromatic rings. The second-order valence-corrected chi connectivity index (χ2v) is 11.1. The first-order chi connectivity index (χ1) is 18.2. The highest BCUT2D eigenvalue weighted by Gasteiger charge is 2.31. The van der Waals surface area contributed by atoms with Crippen LogP contribution < -0.4 is 5.32 Å². The van der Waals surface area contributed by atoms with Crippen LogP contribution in [0.3, 0.4) is 0 Å².